The predicted molar refractivity (Wildman–Crippen MR) is 354 cm³/mol. The van der Waals surface area contributed by atoms with E-state index in [1.807, 2.05) is 60.9 Å². The number of pyridine rings is 2. The Morgan fingerprint density at radius 1 is 0.723 bits per heavy atom. The molecule has 3 aliphatic rings. The van der Waals surface area contributed by atoms with Gasteiger partial charge in [-0.15, -0.1) is 5.10 Å². The van der Waals surface area contributed by atoms with Gasteiger partial charge in [0.1, 0.15) is 11.9 Å². The zero-order valence-electron chi connectivity index (χ0n) is 55.1. The van der Waals surface area contributed by atoms with Gasteiger partial charge in [-0.1, -0.05) is 43.9 Å². The number of unbranched alkanes of at least 4 members (excludes halogenated alkanes) is 5. The lowest BCUT2D eigenvalue weighted by Gasteiger charge is -2.35. The Morgan fingerprint density at radius 2 is 1.39 bits per heavy atom. The molecule has 1 unspecified atom stereocenters. The van der Waals surface area contributed by atoms with Gasteiger partial charge in [0.15, 0.2) is 0 Å². The van der Waals surface area contributed by atoms with E-state index in [-0.39, 0.29) is 53.9 Å². The van der Waals surface area contributed by atoms with Crippen LogP contribution in [0.1, 0.15) is 143 Å². The topological polar surface area (TPSA) is 285 Å². The summed E-state index contributed by atoms with van der Waals surface area (Å²) in [5.74, 6) is -1.36. The van der Waals surface area contributed by atoms with Gasteiger partial charge in [0.25, 0.3) is 23.3 Å². The number of nitrogens with zero attached hydrogens (tertiary/aromatic N) is 8. The number of rotatable bonds is 39. The normalized spacial score (nSPS) is 15.3. The number of aromatic nitrogens is 6. The fourth-order valence-electron chi connectivity index (χ4n) is 12.1. The highest BCUT2D eigenvalue weighted by Gasteiger charge is 2.45. The van der Waals surface area contributed by atoms with Crippen LogP contribution >= 0.6 is 0 Å². The molecular formula is C69H92N12O13. The number of benzene rings is 2. The van der Waals surface area contributed by atoms with Crippen LogP contribution in [0, 0.1) is 20.8 Å². The molecule has 0 spiro atoms. The molecule has 2 fully saturated rings. The lowest BCUT2D eigenvalue weighted by atomic mass is 9.98. The minimum Gasteiger partial charge on any atom is -0.382 e. The van der Waals surface area contributed by atoms with Gasteiger partial charge in [0.05, 0.1) is 103 Å². The summed E-state index contributed by atoms with van der Waals surface area (Å²) in [5.41, 5.74) is 8.16. The zero-order valence-corrected chi connectivity index (χ0v) is 55.1. The molecule has 9 rings (SSSR count). The average Bonchev–Trinajstić information content (AvgIpc) is 1.60. The standard InChI is InChI=1S/C69H92N12O13/c1-6-50(5)80-45-48(3)63-55(65(84)72-44-56-47(2)40-49(4)73-66(56)85)41-52(42-59(63)80)51-18-20-60(71-43-51)77-23-25-78(26-24-77)62(83)17-12-10-8-7-9-11-14-53-46-79(76-75-53)27-29-90-31-33-92-35-37-94-39-38-93-36-34-91-32-30-89-28-22-70-57-16-13-15-54-64(57)69(88)81(68(54)87)58-19-21-61(82)74-67(58)86/h13,15-16,18,20,40-43,45-46,50,58,70H,6-12,14,17,19,21-39,44H2,1-5H3,(H,72,84)(H,73,85)(H,74,82,86)/t50-,58?/m1/s1. The van der Waals surface area contributed by atoms with Crippen LogP contribution in [-0.2, 0) is 62.3 Å². The van der Waals surface area contributed by atoms with Gasteiger partial charge in [0, 0.05) is 116 Å². The van der Waals surface area contributed by atoms with E-state index in [4.69, 9.17) is 33.4 Å². The molecule has 0 aliphatic carbocycles. The predicted octanol–water partition coefficient (Wildman–Crippen LogP) is 7.04. The molecule has 6 aromatic rings. The first-order chi connectivity index (χ1) is 45.7. The van der Waals surface area contributed by atoms with E-state index in [9.17, 15) is 33.6 Å². The van der Waals surface area contributed by atoms with Crippen LogP contribution in [0.3, 0.4) is 0 Å². The summed E-state index contributed by atoms with van der Waals surface area (Å²) < 4.78 is 37.8. The van der Waals surface area contributed by atoms with Crippen LogP contribution in [0.25, 0.3) is 22.0 Å². The molecule has 4 N–H and O–H groups in total. The summed E-state index contributed by atoms with van der Waals surface area (Å²) in [4.78, 5) is 103. The molecule has 7 heterocycles. The maximum absolute atomic E-state index is 14.0. The quantitative estimate of drug-likeness (QED) is 0.0222. The Kier molecular flexibility index (Phi) is 26.4. The lowest BCUT2D eigenvalue weighted by Crippen LogP contribution is -2.54. The number of imide groups is 2. The summed E-state index contributed by atoms with van der Waals surface area (Å²) in [5, 5.41) is 17.9. The van der Waals surface area contributed by atoms with Crippen molar-refractivity contribution in [1.82, 2.24) is 50.0 Å². The molecule has 2 saturated heterocycles. The molecule has 4 aromatic heterocycles. The van der Waals surface area contributed by atoms with Crippen molar-refractivity contribution in [2.45, 2.75) is 130 Å². The number of hydrogen-bond acceptors (Lipinski definition) is 18. The van der Waals surface area contributed by atoms with Gasteiger partial charge in [-0.2, -0.15) is 0 Å². The van der Waals surface area contributed by atoms with E-state index < -0.39 is 29.7 Å². The van der Waals surface area contributed by atoms with E-state index in [1.165, 1.54) is 0 Å². The first-order valence-corrected chi connectivity index (χ1v) is 33.2. The number of ether oxygens (including phenoxy) is 6. The number of amides is 6. The summed E-state index contributed by atoms with van der Waals surface area (Å²) in [6, 6.07) is 14.2. The number of H-pyrrole nitrogens is 1. The number of aryl methyl sites for hydroxylation is 4. The van der Waals surface area contributed by atoms with Crippen LogP contribution < -0.4 is 26.4 Å². The number of anilines is 2. The molecule has 2 atom stereocenters. The summed E-state index contributed by atoms with van der Waals surface area (Å²) in [6.07, 6.45) is 14.8. The highest BCUT2D eigenvalue weighted by atomic mass is 16.6. The molecule has 2 aromatic carbocycles. The van der Waals surface area contributed by atoms with Crippen LogP contribution in [0.2, 0.25) is 0 Å². The number of piperidine rings is 1. The van der Waals surface area contributed by atoms with Gasteiger partial charge in [-0.25, -0.2) is 9.67 Å². The second kappa shape index (κ2) is 35.3. The van der Waals surface area contributed by atoms with E-state index in [0.717, 1.165) is 107 Å². The number of aromatic amines is 1. The minimum atomic E-state index is -1.02. The van der Waals surface area contributed by atoms with Crippen molar-refractivity contribution in [3.8, 4) is 11.1 Å². The third kappa shape index (κ3) is 19.0. The van der Waals surface area contributed by atoms with Crippen LogP contribution in [0.15, 0.2) is 71.9 Å². The minimum absolute atomic E-state index is 0.0580. The smallest absolute Gasteiger partial charge is 0.264 e. The number of carbonyl (C=O) groups excluding carboxylic acids is 6. The third-order valence-corrected chi connectivity index (χ3v) is 17.4. The van der Waals surface area contributed by atoms with E-state index in [1.54, 1.807) is 18.2 Å². The lowest BCUT2D eigenvalue weighted by molar-refractivity contribution is -0.136. The van der Waals surface area contributed by atoms with Crippen molar-refractivity contribution in [3.05, 3.63) is 122 Å². The second-order valence-electron chi connectivity index (χ2n) is 24.2. The maximum Gasteiger partial charge on any atom is 0.264 e. The number of hydrogen-bond donors (Lipinski definition) is 4. The summed E-state index contributed by atoms with van der Waals surface area (Å²) in [6.45, 7) is 19.0. The average molecular weight is 1300 g/mol. The maximum atomic E-state index is 14.0. The van der Waals surface area contributed by atoms with Crippen molar-refractivity contribution >= 4 is 57.9 Å². The van der Waals surface area contributed by atoms with Gasteiger partial charge in [0.2, 0.25) is 17.7 Å². The molecule has 3 aliphatic heterocycles. The number of piperazine rings is 1. The molecule has 0 bridgehead atoms. The third-order valence-electron chi connectivity index (χ3n) is 17.4. The molecule has 0 saturated carbocycles. The molecule has 25 nitrogen and oxygen atoms in total. The first kappa shape index (κ1) is 70.1. The molecular weight excluding hydrogens is 1200 g/mol. The molecule has 0 radical (unpaired) electrons. The van der Waals surface area contributed by atoms with Crippen LogP contribution in [0.5, 0.6) is 0 Å². The van der Waals surface area contributed by atoms with Crippen molar-refractivity contribution < 1.29 is 57.2 Å². The van der Waals surface area contributed by atoms with Gasteiger partial charge >= 0.3 is 0 Å². The zero-order chi connectivity index (χ0) is 66.3. The fraction of sp³-hybridized carbons (Fsp3) is 0.536. The molecule has 94 heavy (non-hydrogen) atoms. The Labute approximate surface area is 548 Å². The summed E-state index contributed by atoms with van der Waals surface area (Å²) in [7, 11) is 0. The van der Waals surface area contributed by atoms with Crippen LogP contribution in [0.4, 0.5) is 11.5 Å². The first-order valence-electron chi connectivity index (χ1n) is 33.2. The van der Waals surface area contributed by atoms with Crippen molar-refractivity contribution in [2.75, 3.05) is 122 Å². The largest absolute Gasteiger partial charge is 0.382 e. The second-order valence-corrected chi connectivity index (χ2v) is 24.2. The fourth-order valence-corrected chi connectivity index (χ4v) is 12.1. The Morgan fingerprint density at radius 3 is 2.05 bits per heavy atom. The van der Waals surface area contributed by atoms with Crippen molar-refractivity contribution in [2.24, 2.45) is 0 Å². The van der Waals surface area contributed by atoms with E-state index >= 15 is 0 Å². The summed E-state index contributed by atoms with van der Waals surface area (Å²) >= 11 is 0. The molecule has 25 heteroatoms. The molecule has 506 valence electrons. The van der Waals surface area contributed by atoms with Gasteiger partial charge in [-0.3, -0.25) is 43.8 Å². The number of carbonyl (C=O) groups is 6. The number of nitrogens with one attached hydrogen (secondary N) is 4. The monoisotopic (exact) mass is 1300 g/mol. The highest BCUT2D eigenvalue weighted by molar-refractivity contribution is 6.25. The van der Waals surface area contributed by atoms with Gasteiger partial charge < -0.3 is 58.4 Å². The van der Waals surface area contributed by atoms with Gasteiger partial charge in [-0.05, 0) is 119 Å². The van der Waals surface area contributed by atoms with E-state index in [2.05, 4.69) is 72.9 Å². The van der Waals surface area contributed by atoms with Crippen molar-refractivity contribution in [3.63, 3.8) is 0 Å². The Balaban J connectivity index is 0.541. The Bertz CT molecular complexity index is 3600. The van der Waals surface area contributed by atoms with Crippen LogP contribution in [-0.4, -0.2) is 193 Å². The molecule has 6 amide bonds. The highest BCUT2D eigenvalue weighted by Crippen LogP contribution is 2.35. The number of fused-ring (bicyclic) bond motifs is 2. The SMILES string of the molecule is CC[C@@H](C)n1cc(C)c2c(C(=O)NCc3c(C)cc(C)[nH]c3=O)cc(-c3ccc(N4CCN(C(=O)CCCCCCCCc5cn(CCOCCOCCOCCOCCOCCOCCNc6cccc7c6C(=O)N(C6CCC(=O)NC6=O)C7=O)nn5)CC4)nc3)cc21. The Hall–Kier alpha value is -8.20. The van der Waals surface area contributed by atoms with Crippen molar-refractivity contribution in [1.29, 1.82) is 0 Å². The van der Waals surface area contributed by atoms with E-state index in [0.29, 0.717) is 142 Å².